The fraction of sp³-hybridized carbons (Fsp3) is 0.0612. The standard InChI is InChI=1S/C49H35NO/c1-49(2)43-25-9-8-22-40(43)41-24-12-26-44(47(41)49)50(36-19-10-17-34(30-36)32-14-4-3-5-15-32)37-20-11-18-35(31-37)38-23-13-27-45-46(38)42-29-28-33-16-6-7-21-39(33)48(42)51-45/h3-31H,1-2H3. The van der Waals surface area contributed by atoms with Crippen molar-refractivity contribution >= 4 is 49.8 Å². The lowest BCUT2D eigenvalue weighted by atomic mass is 9.81. The Morgan fingerprint density at radius 1 is 0.471 bits per heavy atom. The average Bonchev–Trinajstić information content (AvgIpc) is 3.69. The lowest BCUT2D eigenvalue weighted by molar-refractivity contribution is 0.661. The van der Waals surface area contributed by atoms with Crippen LogP contribution in [0.2, 0.25) is 0 Å². The van der Waals surface area contributed by atoms with Gasteiger partial charge in [-0.3, -0.25) is 0 Å². The second-order valence-corrected chi connectivity index (χ2v) is 14.1. The molecule has 0 bridgehead atoms. The molecule has 2 nitrogen and oxygen atoms in total. The van der Waals surface area contributed by atoms with Gasteiger partial charge in [0.1, 0.15) is 11.2 Å². The maximum Gasteiger partial charge on any atom is 0.143 e. The number of benzene rings is 8. The molecule has 0 radical (unpaired) electrons. The molecule has 2 heteroatoms. The van der Waals surface area contributed by atoms with E-state index in [0.29, 0.717) is 0 Å². The third-order valence-corrected chi connectivity index (χ3v) is 10.8. The van der Waals surface area contributed by atoms with Crippen molar-refractivity contribution in [2.45, 2.75) is 19.3 Å². The second-order valence-electron chi connectivity index (χ2n) is 14.1. The highest BCUT2D eigenvalue weighted by Crippen LogP contribution is 2.54. The van der Waals surface area contributed by atoms with E-state index in [2.05, 4.69) is 195 Å². The quantitative estimate of drug-likeness (QED) is 0.184. The van der Waals surface area contributed by atoms with Crippen LogP contribution in [0.15, 0.2) is 180 Å². The van der Waals surface area contributed by atoms with Crippen LogP contribution in [0.25, 0.3) is 66.1 Å². The van der Waals surface area contributed by atoms with E-state index >= 15 is 0 Å². The zero-order chi connectivity index (χ0) is 34.1. The van der Waals surface area contributed by atoms with Gasteiger partial charge in [0.05, 0.1) is 5.69 Å². The minimum atomic E-state index is -0.181. The Kier molecular flexibility index (Phi) is 6.56. The van der Waals surface area contributed by atoms with E-state index in [1.165, 1.54) is 44.5 Å². The maximum absolute atomic E-state index is 6.59. The van der Waals surface area contributed by atoms with Crippen LogP contribution < -0.4 is 4.90 Å². The number of nitrogens with zero attached hydrogens (tertiary/aromatic N) is 1. The van der Waals surface area contributed by atoms with Crippen LogP contribution in [0.3, 0.4) is 0 Å². The van der Waals surface area contributed by atoms with Crippen molar-refractivity contribution in [1.29, 1.82) is 0 Å². The minimum Gasteiger partial charge on any atom is -0.455 e. The van der Waals surface area contributed by atoms with Gasteiger partial charge in [-0.05, 0) is 92.4 Å². The number of fused-ring (bicyclic) bond motifs is 8. The molecule has 1 aliphatic rings. The minimum absolute atomic E-state index is 0.181. The van der Waals surface area contributed by atoms with Gasteiger partial charge in [-0.2, -0.15) is 0 Å². The maximum atomic E-state index is 6.59. The first-order valence-corrected chi connectivity index (χ1v) is 17.7. The molecule has 0 saturated carbocycles. The van der Waals surface area contributed by atoms with Crippen LogP contribution in [0.1, 0.15) is 25.0 Å². The summed E-state index contributed by atoms with van der Waals surface area (Å²) in [5.41, 5.74) is 15.1. The van der Waals surface area contributed by atoms with Gasteiger partial charge in [-0.1, -0.05) is 147 Å². The van der Waals surface area contributed by atoms with E-state index in [4.69, 9.17) is 4.42 Å². The highest BCUT2D eigenvalue weighted by molar-refractivity contribution is 6.19. The van der Waals surface area contributed by atoms with E-state index in [9.17, 15) is 0 Å². The van der Waals surface area contributed by atoms with Gasteiger partial charge < -0.3 is 9.32 Å². The molecule has 9 aromatic rings. The van der Waals surface area contributed by atoms with Gasteiger partial charge in [0.2, 0.25) is 0 Å². The van der Waals surface area contributed by atoms with E-state index in [0.717, 1.165) is 49.8 Å². The largest absolute Gasteiger partial charge is 0.455 e. The Morgan fingerprint density at radius 2 is 1.12 bits per heavy atom. The van der Waals surface area contributed by atoms with Crippen molar-refractivity contribution in [1.82, 2.24) is 0 Å². The van der Waals surface area contributed by atoms with Crippen LogP contribution >= 0.6 is 0 Å². The number of rotatable bonds is 5. The molecule has 10 rings (SSSR count). The molecule has 0 saturated heterocycles. The van der Waals surface area contributed by atoms with Crippen LogP contribution in [0.5, 0.6) is 0 Å². The summed E-state index contributed by atoms with van der Waals surface area (Å²) in [6.07, 6.45) is 0. The first kappa shape index (κ1) is 29.5. The van der Waals surface area contributed by atoms with Crippen molar-refractivity contribution < 1.29 is 4.42 Å². The van der Waals surface area contributed by atoms with Crippen LogP contribution in [0.4, 0.5) is 17.1 Å². The van der Waals surface area contributed by atoms with Crippen molar-refractivity contribution in [3.8, 4) is 33.4 Å². The summed E-state index contributed by atoms with van der Waals surface area (Å²) in [7, 11) is 0. The normalized spacial score (nSPS) is 13.1. The van der Waals surface area contributed by atoms with Gasteiger partial charge in [0, 0.05) is 32.9 Å². The molecule has 8 aromatic carbocycles. The molecule has 0 unspecified atom stereocenters. The first-order valence-electron chi connectivity index (χ1n) is 17.7. The van der Waals surface area contributed by atoms with Crippen molar-refractivity contribution in [3.05, 3.63) is 187 Å². The predicted octanol–water partition coefficient (Wildman–Crippen LogP) is 13.8. The second kappa shape index (κ2) is 11.3. The highest BCUT2D eigenvalue weighted by Gasteiger charge is 2.38. The smallest absolute Gasteiger partial charge is 0.143 e. The molecule has 51 heavy (non-hydrogen) atoms. The lowest BCUT2D eigenvalue weighted by Crippen LogP contribution is -2.20. The van der Waals surface area contributed by atoms with Gasteiger partial charge in [0.25, 0.3) is 0 Å². The Hall–Kier alpha value is -6.38. The summed E-state index contributed by atoms with van der Waals surface area (Å²) < 4.78 is 6.59. The Morgan fingerprint density at radius 3 is 1.98 bits per heavy atom. The van der Waals surface area contributed by atoms with Crippen molar-refractivity contribution in [3.63, 3.8) is 0 Å². The van der Waals surface area contributed by atoms with Crippen LogP contribution in [-0.2, 0) is 5.41 Å². The van der Waals surface area contributed by atoms with Gasteiger partial charge in [-0.15, -0.1) is 0 Å². The fourth-order valence-electron chi connectivity index (χ4n) is 8.49. The Labute approximate surface area is 297 Å². The van der Waals surface area contributed by atoms with E-state index in [1.54, 1.807) is 0 Å². The molecule has 0 N–H and O–H groups in total. The molecule has 0 aliphatic heterocycles. The molecule has 1 aliphatic carbocycles. The number of furan rings is 1. The summed E-state index contributed by atoms with van der Waals surface area (Å²) >= 11 is 0. The average molecular weight is 654 g/mol. The summed E-state index contributed by atoms with van der Waals surface area (Å²) in [6.45, 7) is 4.73. The lowest BCUT2D eigenvalue weighted by Gasteiger charge is -2.32. The number of hydrogen-bond acceptors (Lipinski definition) is 2. The first-order chi connectivity index (χ1) is 25.1. The van der Waals surface area contributed by atoms with Crippen LogP contribution in [0, 0.1) is 0 Å². The summed E-state index contributed by atoms with van der Waals surface area (Å²) in [4.78, 5) is 2.46. The molecule has 1 heterocycles. The SMILES string of the molecule is CC1(C)c2ccccc2-c2cccc(N(c3cccc(-c4ccccc4)c3)c3cccc(-c4cccc5oc6c7ccccc7ccc6c45)c3)c21. The number of hydrogen-bond donors (Lipinski definition) is 0. The topological polar surface area (TPSA) is 16.4 Å². The highest BCUT2D eigenvalue weighted by atomic mass is 16.3. The van der Waals surface area contributed by atoms with Crippen molar-refractivity contribution in [2.24, 2.45) is 0 Å². The van der Waals surface area contributed by atoms with Gasteiger partial charge in [0.15, 0.2) is 0 Å². The Bertz CT molecular complexity index is 2790. The van der Waals surface area contributed by atoms with E-state index < -0.39 is 0 Å². The van der Waals surface area contributed by atoms with E-state index in [-0.39, 0.29) is 5.41 Å². The van der Waals surface area contributed by atoms with Crippen molar-refractivity contribution in [2.75, 3.05) is 4.90 Å². The molecular weight excluding hydrogens is 619 g/mol. The molecule has 0 amide bonds. The zero-order valence-corrected chi connectivity index (χ0v) is 28.6. The summed E-state index contributed by atoms with van der Waals surface area (Å²) in [5.74, 6) is 0. The van der Waals surface area contributed by atoms with Crippen LogP contribution in [-0.4, -0.2) is 0 Å². The number of anilines is 3. The molecule has 0 fully saturated rings. The zero-order valence-electron chi connectivity index (χ0n) is 28.6. The summed E-state index contributed by atoms with van der Waals surface area (Å²) in [6, 6.07) is 63.6. The van der Waals surface area contributed by atoms with E-state index in [1.807, 2.05) is 0 Å². The molecule has 1 aromatic heterocycles. The monoisotopic (exact) mass is 653 g/mol. The molecule has 0 spiro atoms. The predicted molar refractivity (Wildman–Crippen MR) is 214 cm³/mol. The third kappa shape index (κ3) is 4.57. The van der Waals surface area contributed by atoms with Gasteiger partial charge in [-0.25, -0.2) is 0 Å². The molecule has 242 valence electrons. The summed E-state index contributed by atoms with van der Waals surface area (Å²) in [5, 5.41) is 4.60. The Balaban J connectivity index is 1.20. The third-order valence-electron chi connectivity index (χ3n) is 10.8. The van der Waals surface area contributed by atoms with Gasteiger partial charge >= 0.3 is 0 Å². The fourth-order valence-corrected chi connectivity index (χ4v) is 8.49. The molecule has 0 atom stereocenters. The molecular formula is C49H35NO.